The Bertz CT molecular complexity index is 371. The largest absolute Gasteiger partial charge is 0.351 e. The lowest BCUT2D eigenvalue weighted by Crippen LogP contribution is -2.39. The highest BCUT2D eigenvalue weighted by molar-refractivity contribution is 5.92. The Balaban J connectivity index is 2.73. The van der Waals surface area contributed by atoms with E-state index in [0.717, 1.165) is 5.56 Å². The van der Waals surface area contributed by atoms with Crippen LogP contribution in [0.15, 0.2) is 10.7 Å². The van der Waals surface area contributed by atoms with Gasteiger partial charge < -0.3 is 15.2 Å². The number of aryl methyl sites for hydroxylation is 1. The average Bonchev–Trinajstić information content (AvgIpc) is 2.62. The fourth-order valence-electron chi connectivity index (χ4n) is 1.45. The molecule has 0 fully saturated rings. The van der Waals surface area contributed by atoms with Crippen LogP contribution in [0.25, 0.3) is 0 Å². The van der Waals surface area contributed by atoms with E-state index in [-0.39, 0.29) is 11.3 Å². The molecule has 2 N–H and O–H groups in total. The molecular formula is C11H19N3O2. The minimum atomic E-state index is -0.156. The molecular weight excluding hydrogens is 206 g/mol. The summed E-state index contributed by atoms with van der Waals surface area (Å²) in [5.74, 6) is 0.145. The third-order valence-corrected chi connectivity index (χ3v) is 2.51. The van der Waals surface area contributed by atoms with Crippen molar-refractivity contribution < 1.29 is 9.32 Å². The quantitative estimate of drug-likeness (QED) is 0.831. The number of aromatic nitrogens is 1. The molecule has 0 saturated carbocycles. The summed E-state index contributed by atoms with van der Waals surface area (Å²) in [6.07, 6.45) is 1.54. The van der Waals surface area contributed by atoms with Crippen LogP contribution in [-0.4, -0.2) is 36.1 Å². The summed E-state index contributed by atoms with van der Waals surface area (Å²) in [5, 5.41) is 3.59. The predicted octanol–water partition coefficient (Wildman–Crippen LogP) is 1.04. The zero-order valence-corrected chi connectivity index (χ0v) is 10.3. The van der Waals surface area contributed by atoms with Crippen molar-refractivity contribution in [1.29, 1.82) is 0 Å². The van der Waals surface area contributed by atoms with Crippen LogP contribution in [0.2, 0.25) is 0 Å². The summed E-state index contributed by atoms with van der Waals surface area (Å²) in [7, 11) is 1.74. The number of amides is 1. The molecule has 0 aliphatic heterocycles. The monoisotopic (exact) mass is 225 g/mol. The van der Waals surface area contributed by atoms with Crippen LogP contribution in [0, 0.1) is 12.3 Å². The predicted molar refractivity (Wildman–Crippen MR) is 61.0 cm³/mol. The minimum Gasteiger partial charge on any atom is -0.351 e. The van der Waals surface area contributed by atoms with Gasteiger partial charge in [0.25, 0.3) is 5.91 Å². The summed E-state index contributed by atoms with van der Waals surface area (Å²) in [6.45, 7) is 6.95. The average molecular weight is 225 g/mol. The lowest BCUT2D eigenvalue weighted by molar-refractivity contribution is 0.0698. The molecule has 1 amide bonds. The first-order valence-electron chi connectivity index (χ1n) is 5.24. The molecule has 0 spiro atoms. The van der Waals surface area contributed by atoms with Gasteiger partial charge in [-0.25, -0.2) is 0 Å². The van der Waals surface area contributed by atoms with Gasteiger partial charge in [-0.1, -0.05) is 19.0 Å². The second-order valence-corrected chi connectivity index (χ2v) is 4.87. The van der Waals surface area contributed by atoms with Crippen molar-refractivity contribution in [3.05, 3.63) is 17.5 Å². The van der Waals surface area contributed by atoms with Gasteiger partial charge in [0.05, 0.1) is 6.20 Å². The fourth-order valence-corrected chi connectivity index (χ4v) is 1.45. The summed E-state index contributed by atoms with van der Waals surface area (Å²) < 4.78 is 4.92. The van der Waals surface area contributed by atoms with Crippen LogP contribution in [0.1, 0.15) is 30.0 Å². The molecule has 0 bridgehead atoms. The number of nitrogens with two attached hydrogens (primary N) is 1. The molecule has 0 aromatic carbocycles. The van der Waals surface area contributed by atoms with Gasteiger partial charge in [-0.05, 0) is 18.9 Å². The van der Waals surface area contributed by atoms with Crippen molar-refractivity contribution in [3.8, 4) is 0 Å². The van der Waals surface area contributed by atoms with E-state index < -0.39 is 0 Å². The summed E-state index contributed by atoms with van der Waals surface area (Å²) in [6, 6.07) is 0. The maximum Gasteiger partial charge on any atom is 0.292 e. The number of nitrogens with zero attached hydrogens (tertiary/aromatic N) is 2. The number of hydrogen-bond donors (Lipinski definition) is 1. The van der Waals surface area contributed by atoms with E-state index in [1.165, 1.54) is 6.20 Å². The van der Waals surface area contributed by atoms with Crippen molar-refractivity contribution in [2.45, 2.75) is 20.8 Å². The molecule has 1 aromatic rings. The molecule has 90 valence electrons. The van der Waals surface area contributed by atoms with E-state index in [9.17, 15) is 4.79 Å². The molecule has 0 saturated heterocycles. The van der Waals surface area contributed by atoms with Crippen molar-refractivity contribution in [2.75, 3.05) is 20.1 Å². The molecule has 1 rings (SSSR count). The number of rotatable bonds is 4. The normalized spacial score (nSPS) is 11.6. The van der Waals surface area contributed by atoms with Crippen molar-refractivity contribution >= 4 is 5.91 Å². The molecule has 0 unspecified atom stereocenters. The number of hydrogen-bond acceptors (Lipinski definition) is 4. The topological polar surface area (TPSA) is 72.4 Å². The van der Waals surface area contributed by atoms with Crippen LogP contribution >= 0.6 is 0 Å². The van der Waals surface area contributed by atoms with Crippen LogP contribution in [0.4, 0.5) is 0 Å². The molecule has 0 radical (unpaired) electrons. The Labute approximate surface area is 95.6 Å². The Kier molecular flexibility index (Phi) is 3.70. The summed E-state index contributed by atoms with van der Waals surface area (Å²) >= 11 is 0. The molecule has 5 nitrogen and oxygen atoms in total. The second kappa shape index (κ2) is 4.65. The SMILES string of the molecule is Cc1cnoc1C(=O)N(C)CC(C)(C)CN. The second-order valence-electron chi connectivity index (χ2n) is 4.87. The first-order valence-corrected chi connectivity index (χ1v) is 5.24. The maximum absolute atomic E-state index is 12.0. The summed E-state index contributed by atoms with van der Waals surface area (Å²) in [4.78, 5) is 13.6. The maximum atomic E-state index is 12.0. The highest BCUT2D eigenvalue weighted by Crippen LogP contribution is 2.16. The first kappa shape index (κ1) is 12.7. The van der Waals surface area contributed by atoms with Crippen LogP contribution < -0.4 is 5.73 Å². The standard InChI is InChI=1S/C11H19N3O2/c1-8-5-13-16-9(8)10(15)14(4)7-11(2,3)6-12/h5H,6-7,12H2,1-4H3. The van der Waals surface area contributed by atoms with Crippen molar-refractivity contribution in [1.82, 2.24) is 10.1 Å². The smallest absolute Gasteiger partial charge is 0.292 e. The van der Waals surface area contributed by atoms with Gasteiger partial charge in [0.2, 0.25) is 5.76 Å². The van der Waals surface area contributed by atoms with Gasteiger partial charge in [0, 0.05) is 19.2 Å². The van der Waals surface area contributed by atoms with Crippen LogP contribution in [0.5, 0.6) is 0 Å². The fraction of sp³-hybridized carbons (Fsp3) is 0.636. The molecule has 0 aliphatic rings. The number of carbonyl (C=O) groups is 1. The molecule has 0 atom stereocenters. The van der Waals surface area contributed by atoms with Gasteiger partial charge >= 0.3 is 0 Å². The van der Waals surface area contributed by atoms with Gasteiger partial charge in [0.1, 0.15) is 0 Å². The minimum absolute atomic E-state index is 0.0989. The van der Waals surface area contributed by atoms with Crippen molar-refractivity contribution in [2.24, 2.45) is 11.1 Å². The molecule has 1 aromatic heterocycles. The Hall–Kier alpha value is -1.36. The van der Waals surface area contributed by atoms with E-state index in [2.05, 4.69) is 5.16 Å². The van der Waals surface area contributed by atoms with Gasteiger partial charge in [-0.15, -0.1) is 0 Å². The highest BCUT2D eigenvalue weighted by atomic mass is 16.5. The molecule has 16 heavy (non-hydrogen) atoms. The van der Waals surface area contributed by atoms with Crippen molar-refractivity contribution in [3.63, 3.8) is 0 Å². The van der Waals surface area contributed by atoms with Crippen LogP contribution in [-0.2, 0) is 0 Å². The van der Waals surface area contributed by atoms with E-state index >= 15 is 0 Å². The Morgan fingerprint density at radius 1 is 1.62 bits per heavy atom. The Morgan fingerprint density at radius 3 is 2.69 bits per heavy atom. The zero-order valence-electron chi connectivity index (χ0n) is 10.3. The van der Waals surface area contributed by atoms with Crippen LogP contribution in [0.3, 0.4) is 0 Å². The first-order chi connectivity index (χ1) is 7.37. The third kappa shape index (κ3) is 2.82. The van der Waals surface area contributed by atoms with E-state index in [4.69, 9.17) is 10.3 Å². The lowest BCUT2D eigenvalue weighted by Gasteiger charge is -2.28. The third-order valence-electron chi connectivity index (χ3n) is 2.51. The van der Waals surface area contributed by atoms with E-state index in [1.54, 1.807) is 18.9 Å². The Morgan fingerprint density at radius 2 is 2.25 bits per heavy atom. The van der Waals surface area contributed by atoms with Gasteiger partial charge in [-0.2, -0.15) is 0 Å². The summed E-state index contributed by atoms with van der Waals surface area (Å²) in [5.41, 5.74) is 6.28. The number of carbonyl (C=O) groups excluding carboxylic acids is 1. The van der Waals surface area contributed by atoms with Gasteiger partial charge in [-0.3, -0.25) is 4.79 Å². The van der Waals surface area contributed by atoms with E-state index in [0.29, 0.717) is 18.8 Å². The molecule has 5 heteroatoms. The highest BCUT2D eigenvalue weighted by Gasteiger charge is 2.24. The van der Waals surface area contributed by atoms with E-state index in [1.807, 2.05) is 13.8 Å². The van der Waals surface area contributed by atoms with Gasteiger partial charge in [0.15, 0.2) is 0 Å². The zero-order chi connectivity index (χ0) is 12.3. The molecule has 0 aliphatic carbocycles. The molecule has 1 heterocycles. The lowest BCUT2D eigenvalue weighted by atomic mass is 9.93.